The van der Waals surface area contributed by atoms with Gasteiger partial charge in [0, 0.05) is 32.2 Å². The Morgan fingerprint density at radius 3 is 2.80 bits per heavy atom. The molecule has 25 heavy (non-hydrogen) atoms. The molecular weight excluding hydrogens is 321 g/mol. The van der Waals surface area contributed by atoms with E-state index in [0.29, 0.717) is 25.2 Å². The highest BCUT2D eigenvalue weighted by atomic mass is 19.1. The van der Waals surface area contributed by atoms with E-state index in [9.17, 15) is 9.18 Å². The number of carbonyl (C=O) groups is 1. The van der Waals surface area contributed by atoms with Gasteiger partial charge in [-0.1, -0.05) is 36.4 Å². The lowest BCUT2D eigenvalue weighted by molar-refractivity contribution is 0.179. The molecule has 2 heterocycles. The predicted molar refractivity (Wildman–Crippen MR) is 94.8 cm³/mol. The number of amides is 2. The number of carbonyl (C=O) groups excluding carboxylic acids is 1. The van der Waals surface area contributed by atoms with Gasteiger partial charge >= 0.3 is 6.03 Å². The quantitative estimate of drug-likeness (QED) is 0.848. The van der Waals surface area contributed by atoms with Crippen molar-refractivity contribution in [2.45, 2.75) is 6.04 Å². The van der Waals surface area contributed by atoms with Gasteiger partial charge in [-0.3, -0.25) is 0 Å². The molecule has 1 aliphatic rings. The van der Waals surface area contributed by atoms with E-state index in [0.717, 1.165) is 0 Å². The monoisotopic (exact) mass is 341 g/mol. The first kappa shape index (κ1) is 16.9. The maximum Gasteiger partial charge on any atom is 0.317 e. The van der Waals surface area contributed by atoms with Crippen LogP contribution in [-0.2, 0) is 0 Å². The SMILES string of the molecule is C=CCNC(=O)N(C)C1CN(c2ncnc(-c3ccccc3)c2F)C1. The number of aromatic nitrogens is 2. The van der Waals surface area contributed by atoms with Crippen LogP contribution in [0.5, 0.6) is 0 Å². The molecule has 130 valence electrons. The Morgan fingerprint density at radius 2 is 2.12 bits per heavy atom. The Bertz CT molecular complexity index is 761. The summed E-state index contributed by atoms with van der Waals surface area (Å²) >= 11 is 0. The van der Waals surface area contributed by atoms with Crippen molar-refractivity contribution in [3.8, 4) is 11.3 Å². The van der Waals surface area contributed by atoms with Crippen molar-refractivity contribution in [1.82, 2.24) is 20.2 Å². The molecule has 0 spiro atoms. The molecule has 1 N–H and O–H groups in total. The molecule has 1 aromatic carbocycles. The fraction of sp³-hybridized carbons (Fsp3) is 0.278. The summed E-state index contributed by atoms with van der Waals surface area (Å²) in [7, 11) is 1.73. The summed E-state index contributed by atoms with van der Waals surface area (Å²) in [6.45, 7) is 5.04. The van der Waals surface area contributed by atoms with Crippen LogP contribution in [0.1, 0.15) is 0 Å². The Morgan fingerprint density at radius 1 is 1.40 bits per heavy atom. The number of nitrogens with zero attached hydrogens (tertiary/aromatic N) is 4. The van der Waals surface area contributed by atoms with Gasteiger partial charge < -0.3 is 15.1 Å². The Labute approximate surface area is 146 Å². The lowest BCUT2D eigenvalue weighted by Crippen LogP contribution is -2.61. The second-order valence-electron chi connectivity index (χ2n) is 5.87. The van der Waals surface area contributed by atoms with E-state index in [-0.39, 0.29) is 23.6 Å². The molecule has 6 nitrogen and oxygen atoms in total. The third-order valence-electron chi connectivity index (χ3n) is 4.25. The minimum atomic E-state index is -0.439. The molecule has 1 fully saturated rings. The van der Waals surface area contributed by atoms with Crippen molar-refractivity contribution >= 4 is 11.8 Å². The molecule has 1 aromatic heterocycles. The van der Waals surface area contributed by atoms with E-state index in [1.54, 1.807) is 18.0 Å². The number of halogens is 1. The van der Waals surface area contributed by atoms with Crippen LogP contribution in [0.15, 0.2) is 49.3 Å². The topological polar surface area (TPSA) is 61.4 Å². The maximum atomic E-state index is 14.8. The van der Waals surface area contributed by atoms with Gasteiger partial charge in [-0.05, 0) is 0 Å². The third kappa shape index (κ3) is 3.45. The molecule has 1 saturated heterocycles. The standard InChI is InChI=1S/C18H20FN5O/c1-3-9-20-18(25)23(2)14-10-24(11-14)17-15(19)16(21-12-22-17)13-7-5-4-6-8-13/h3-8,12,14H,1,9-11H2,2H3,(H,20,25). The van der Waals surface area contributed by atoms with Crippen molar-refractivity contribution in [3.63, 3.8) is 0 Å². The van der Waals surface area contributed by atoms with Crippen molar-refractivity contribution < 1.29 is 9.18 Å². The lowest BCUT2D eigenvalue weighted by atomic mass is 10.1. The predicted octanol–water partition coefficient (Wildman–Crippen LogP) is 2.30. The third-order valence-corrected chi connectivity index (χ3v) is 4.25. The second kappa shape index (κ2) is 7.29. The van der Waals surface area contributed by atoms with Gasteiger partial charge in [0.1, 0.15) is 12.0 Å². The van der Waals surface area contributed by atoms with Crippen LogP contribution < -0.4 is 10.2 Å². The summed E-state index contributed by atoms with van der Waals surface area (Å²) in [5, 5.41) is 2.73. The summed E-state index contributed by atoms with van der Waals surface area (Å²) in [6, 6.07) is 9.02. The van der Waals surface area contributed by atoms with Gasteiger partial charge in [-0.25, -0.2) is 19.2 Å². The van der Waals surface area contributed by atoms with Gasteiger partial charge in [0.2, 0.25) is 0 Å². The van der Waals surface area contributed by atoms with Crippen LogP contribution in [0, 0.1) is 5.82 Å². The Hall–Kier alpha value is -2.96. The largest absolute Gasteiger partial charge is 0.350 e. The first-order valence-electron chi connectivity index (χ1n) is 8.04. The van der Waals surface area contributed by atoms with Gasteiger partial charge in [-0.15, -0.1) is 6.58 Å². The molecule has 0 radical (unpaired) electrons. The fourth-order valence-corrected chi connectivity index (χ4v) is 2.70. The number of hydrogen-bond acceptors (Lipinski definition) is 4. The molecule has 3 rings (SSSR count). The summed E-state index contributed by atoms with van der Waals surface area (Å²) < 4.78 is 14.8. The smallest absolute Gasteiger partial charge is 0.317 e. The normalized spacial score (nSPS) is 13.9. The number of likely N-dealkylation sites (N-methyl/N-ethyl adjacent to an activating group) is 1. The summed E-state index contributed by atoms with van der Waals surface area (Å²) in [5.74, 6) is -0.170. The number of anilines is 1. The van der Waals surface area contributed by atoms with Crippen LogP contribution in [-0.4, -0.2) is 53.6 Å². The summed E-state index contributed by atoms with van der Waals surface area (Å²) in [5.41, 5.74) is 0.993. The van der Waals surface area contributed by atoms with E-state index in [2.05, 4.69) is 21.9 Å². The van der Waals surface area contributed by atoms with Crippen LogP contribution in [0.4, 0.5) is 15.0 Å². The first-order chi connectivity index (χ1) is 12.1. The minimum Gasteiger partial charge on any atom is -0.350 e. The zero-order valence-electron chi connectivity index (χ0n) is 14.0. The first-order valence-corrected chi connectivity index (χ1v) is 8.04. The van der Waals surface area contributed by atoms with Crippen LogP contribution in [0.2, 0.25) is 0 Å². The van der Waals surface area contributed by atoms with E-state index < -0.39 is 5.82 Å². The zero-order chi connectivity index (χ0) is 17.8. The highest BCUT2D eigenvalue weighted by molar-refractivity contribution is 5.75. The minimum absolute atomic E-state index is 0.0133. The number of urea groups is 1. The van der Waals surface area contributed by atoms with Crippen molar-refractivity contribution in [2.24, 2.45) is 0 Å². The molecule has 0 aliphatic carbocycles. The Kier molecular flexibility index (Phi) is 4.92. The molecule has 0 atom stereocenters. The second-order valence-corrected chi connectivity index (χ2v) is 5.87. The number of benzene rings is 1. The van der Waals surface area contributed by atoms with E-state index >= 15 is 0 Å². The number of nitrogens with one attached hydrogen (secondary N) is 1. The number of hydrogen-bond donors (Lipinski definition) is 1. The maximum absolute atomic E-state index is 14.8. The van der Waals surface area contributed by atoms with Crippen LogP contribution in [0.3, 0.4) is 0 Å². The highest BCUT2D eigenvalue weighted by Gasteiger charge is 2.35. The van der Waals surface area contributed by atoms with Gasteiger partial charge in [0.15, 0.2) is 11.6 Å². The molecule has 2 amide bonds. The van der Waals surface area contributed by atoms with Crippen molar-refractivity contribution in [1.29, 1.82) is 0 Å². The van der Waals surface area contributed by atoms with Gasteiger partial charge in [0.25, 0.3) is 0 Å². The highest BCUT2D eigenvalue weighted by Crippen LogP contribution is 2.29. The number of rotatable bonds is 5. The van der Waals surface area contributed by atoms with E-state index in [1.165, 1.54) is 6.33 Å². The van der Waals surface area contributed by atoms with Crippen LogP contribution >= 0.6 is 0 Å². The molecule has 0 saturated carbocycles. The van der Waals surface area contributed by atoms with Crippen LogP contribution in [0.25, 0.3) is 11.3 Å². The fourth-order valence-electron chi connectivity index (χ4n) is 2.70. The lowest BCUT2D eigenvalue weighted by Gasteiger charge is -2.44. The molecule has 0 bridgehead atoms. The molecular formula is C18H20FN5O. The average molecular weight is 341 g/mol. The molecule has 2 aromatic rings. The van der Waals surface area contributed by atoms with E-state index in [4.69, 9.17) is 0 Å². The summed E-state index contributed by atoms with van der Waals surface area (Å²) in [4.78, 5) is 23.5. The van der Waals surface area contributed by atoms with E-state index in [1.807, 2.05) is 35.2 Å². The molecule has 1 aliphatic heterocycles. The molecule has 0 unspecified atom stereocenters. The van der Waals surface area contributed by atoms with Gasteiger partial charge in [0.05, 0.1) is 6.04 Å². The summed E-state index contributed by atoms with van der Waals surface area (Å²) in [6.07, 6.45) is 2.99. The Balaban J connectivity index is 1.69. The zero-order valence-corrected chi connectivity index (χ0v) is 14.0. The van der Waals surface area contributed by atoms with Gasteiger partial charge in [-0.2, -0.15) is 0 Å². The van der Waals surface area contributed by atoms with Crippen molar-refractivity contribution in [3.05, 3.63) is 55.1 Å². The average Bonchev–Trinajstić information content (AvgIpc) is 2.60. The van der Waals surface area contributed by atoms with Crippen molar-refractivity contribution in [2.75, 3.05) is 31.6 Å². The molecule has 7 heteroatoms.